The average molecular weight is 437 g/mol. The van der Waals surface area contributed by atoms with Gasteiger partial charge in [-0.05, 0) is 43.6 Å². The summed E-state index contributed by atoms with van der Waals surface area (Å²) in [5.41, 5.74) is 1.33. The van der Waals surface area contributed by atoms with Crippen LogP contribution in [0.2, 0.25) is 0 Å². The van der Waals surface area contributed by atoms with E-state index < -0.39 is 12.1 Å². The van der Waals surface area contributed by atoms with Crippen molar-refractivity contribution in [1.29, 1.82) is 0 Å². The Labute approximate surface area is 176 Å². The van der Waals surface area contributed by atoms with Crippen LogP contribution in [0.1, 0.15) is 65.1 Å². The van der Waals surface area contributed by atoms with Gasteiger partial charge in [-0.25, -0.2) is 9.48 Å². The molecule has 7 nitrogen and oxygen atoms in total. The Kier molecular flexibility index (Phi) is 10.2. The van der Waals surface area contributed by atoms with Crippen molar-refractivity contribution in [2.45, 2.75) is 72.0 Å². The van der Waals surface area contributed by atoms with Crippen LogP contribution in [0, 0.1) is 11.3 Å². The highest BCUT2D eigenvalue weighted by atomic mass is 19.4. The molecule has 0 aliphatic carbocycles. The van der Waals surface area contributed by atoms with Crippen LogP contribution in [0.15, 0.2) is 6.20 Å². The summed E-state index contributed by atoms with van der Waals surface area (Å²) in [6, 6.07) is 0.471. The van der Waals surface area contributed by atoms with Crippen LogP contribution in [0.4, 0.5) is 13.2 Å². The minimum Gasteiger partial charge on any atom is -0.475 e. The summed E-state index contributed by atoms with van der Waals surface area (Å²) < 4.78 is 33.7. The van der Waals surface area contributed by atoms with Crippen molar-refractivity contribution in [2.24, 2.45) is 11.3 Å². The molecule has 0 radical (unpaired) electrons. The lowest BCUT2D eigenvalue weighted by Gasteiger charge is -2.33. The molecule has 1 aliphatic rings. The third-order valence-electron chi connectivity index (χ3n) is 5.00. The maximum atomic E-state index is 10.6. The lowest BCUT2D eigenvalue weighted by molar-refractivity contribution is -0.192. The SMILES string of the molecule is CC(CCN1CCC(n2cc(CCO)nn2)CC1)CC(C)(C)C.O=C(O)C(F)(F)F. The lowest BCUT2D eigenvalue weighted by Crippen LogP contribution is -2.36. The quantitative estimate of drug-likeness (QED) is 0.679. The summed E-state index contributed by atoms with van der Waals surface area (Å²) in [5.74, 6) is -1.96. The van der Waals surface area contributed by atoms with Gasteiger partial charge in [-0.3, -0.25) is 0 Å². The standard InChI is InChI=1S/C18H34N4O.C2HF3O2/c1-15(13-18(2,3)4)5-9-21-10-6-17(7-11-21)22-14-16(8-12-23)19-20-22;3-2(4,5)1(6)7/h14-15,17,23H,5-13H2,1-4H3;(H,6,7). The molecule has 0 amide bonds. The number of aliphatic hydroxyl groups is 1. The number of aliphatic hydroxyl groups excluding tert-OH is 1. The third-order valence-corrected chi connectivity index (χ3v) is 5.00. The van der Waals surface area contributed by atoms with Crippen LogP contribution in [0.3, 0.4) is 0 Å². The molecular formula is C20H35F3N4O3. The summed E-state index contributed by atoms with van der Waals surface area (Å²) >= 11 is 0. The maximum Gasteiger partial charge on any atom is 0.490 e. The van der Waals surface area contributed by atoms with E-state index in [2.05, 4.69) is 42.9 Å². The Morgan fingerprint density at radius 1 is 1.27 bits per heavy atom. The average Bonchev–Trinajstić information content (AvgIpc) is 3.08. The van der Waals surface area contributed by atoms with Crippen molar-refractivity contribution in [1.82, 2.24) is 19.9 Å². The number of alkyl halides is 3. The van der Waals surface area contributed by atoms with Gasteiger partial charge in [-0.15, -0.1) is 5.10 Å². The zero-order valence-corrected chi connectivity index (χ0v) is 18.3. The Balaban J connectivity index is 0.000000553. The molecule has 1 aliphatic heterocycles. The second-order valence-corrected chi connectivity index (χ2v) is 9.20. The first-order valence-corrected chi connectivity index (χ1v) is 10.4. The fourth-order valence-corrected chi connectivity index (χ4v) is 3.68. The molecule has 0 spiro atoms. The lowest BCUT2D eigenvalue weighted by atomic mass is 9.84. The van der Waals surface area contributed by atoms with Gasteiger partial charge >= 0.3 is 12.1 Å². The van der Waals surface area contributed by atoms with Crippen LogP contribution >= 0.6 is 0 Å². The van der Waals surface area contributed by atoms with Crippen LogP contribution in [-0.4, -0.2) is 68.5 Å². The Morgan fingerprint density at radius 2 is 1.83 bits per heavy atom. The number of piperidine rings is 1. The molecule has 2 N–H and O–H groups in total. The van der Waals surface area contributed by atoms with E-state index in [0.717, 1.165) is 37.5 Å². The van der Waals surface area contributed by atoms with Crippen molar-refractivity contribution in [2.75, 3.05) is 26.2 Å². The van der Waals surface area contributed by atoms with E-state index in [9.17, 15) is 13.2 Å². The van der Waals surface area contributed by atoms with Crippen LogP contribution in [-0.2, 0) is 11.2 Å². The van der Waals surface area contributed by atoms with Crippen LogP contribution in [0.25, 0.3) is 0 Å². The molecule has 1 atom stereocenters. The number of hydrogen-bond acceptors (Lipinski definition) is 5. The summed E-state index contributed by atoms with van der Waals surface area (Å²) in [6.07, 6.45) is 2.42. The van der Waals surface area contributed by atoms with E-state index in [1.165, 1.54) is 19.4 Å². The molecule has 2 heterocycles. The zero-order valence-electron chi connectivity index (χ0n) is 18.3. The number of likely N-dealkylation sites (tertiary alicyclic amines) is 1. The van der Waals surface area contributed by atoms with E-state index in [-0.39, 0.29) is 6.61 Å². The van der Waals surface area contributed by atoms with Gasteiger partial charge in [0.25, 0.3) is 0 Å². The van der Waals surface area contributed by atoms with Gasteiger partial charge in [0.15, 0.2) is 0 Å². The molecular weight excluding hydrogens is 401 g/mol. The topological polar surface area (TPSA) is 91.5 Å². The fraction of sp³-hybridized carbons (Fsp3) is 0.850. The molecule has 1 aromatic rings. The van der Waals surface area contributed by atoms with E-state index in [1.54, 1.807) is 0 Å². The molecule has 1 aromatic heterocycles. The summed E-state index contributed by atoms with van der Waals surface area (Å²) in [7, 11) is 0. The molecule has 1 fully saturated rings. The third kappa shape index (κ3) is 10.4. The Hall–Kier alpha value is -1.68. The molecule has 0 saturated carbocycles. The zero-order chi connectivity index (χ0) is 22.9. The molecule has 2 rings (SSSR count). The van der Waals surface area contributed by atoms with E-state index in [4.69, 9.17) is 15.0 Å². The van der Waals surface area contributed by atoms with Crippen molar-refractivity contribution < 1.29 is 28.2 Å². The molecule has 1 unspecified atom stereocenters. The number of carbonyl (C=O) groups is 1. The van der Waals surface area contributed by atoms with Crippen molar-refractivity contribution in [3.63, 3.8) is 0 Å². The number of nitrogens with zero attached hydrogens (tertiary/aromatic N) is 4. The summed E-state index contributed by atoms with van der Waals surface area (Å²) in [6.45, 7) is 13.1. The Bertz CT molecular complexity index is 636. The number of aromatic nitrogens is 3. The molecule has 0 aromatic carbocycles. The van der Waals surface area contributed by atoms with Crippen LogP contribution in [0.5, 0.6) is 0 Å². The molecule has 0 bridgehead atoms. The second-order valence-electron chi connectivity index (χ2n) is 9.20. The first-order valence-electron chi connectivity index (χ1n) is 10.4. The number of aliphatic carboxylic acids is 1. The minimum absolute atomic E-state index is 0.143. The number of hydrogen-bond donors (Lipinski definition) is 2. The highest BCUT2D eigenvalue weighted by molar-refractivity contribution is 5.73. The number of halogens is 3. The van der Waals surface area contributed by atoms with E-state index >= 15 is 0 Å². The van der Waals surface area contributed by atoms with E-state index in [0.29, 0.717) is 17.9 Å². The highest BCUT2D eigenvalue weighted by Crippen LogP contribution is 2.27. The maximum absolute atomic E-state index is 10.6. The fourth-order valence-electron chi connectivity index (χ4n) is 3.68. The first-order chi connectivity index (χ1) is 13.8. The second kappa shape index (κ2) is 11.6. The summed E-state index contributed by atoms with van der Waals surface area (Å²) in [4.78, 5) is 11.5. The first kappa shape index (κ1) is 26.4. The van der Waals surface area contributed by atoms with Gasteiger partial charge in [-0.2, -0.15) is 13.2 Å². The Morgan fingerprint density at radius 3 is 2.30 bits per heavy atom. The van der Waals surface area contributed by atoms with Gasteiger partial charge in [0, 0.05) is 32.3 Å². The van der Waals surface area contributed by atoms with Gasteiger partial charge in [0.2, 0.25) is 0 Å². The van der Waals surface area contributed by atoms with Crippen LogP contribution < -0.4 is 0 Å². The smallest absolute Gasteiger partial charge is 0.475 e. The predicted molar refractivity (Wildman–Crippen MR) is 107 cm³/mol. The van der Waals surface area contributed by atoms with Crippen molar-refractivity contribution >= 4 is 5.97 Å². The molecule has 1 saturated heterocycles. The number of rotatable bonds is 7. The van der Waals surface area contributed by atoms with Crippen molar-refractivity contribution in [3.05, 3.63) is 11.9 Å². The largest absolute Gasteiger partial charge is 0.490 e. The summed E-state index contributed by atoms with van der Waals surface area (Å²) in [5, 5.41) is 24.5. The minimum atomic E-state index is -5.08. The monoisotopic (exact) mass is 436 g/mol. The normalized spacial score (nSPS) is 17.3. The van der Waals surface area contributed by atoms with E-state index in [1.807, 2.05) is 10.9 Å². The number of carboxylic acid groups (broad SMARTS) is 1. The molecule has 10 heteroatoms. The van der Waals surface area contributed by atoms with Gasteiger partial charge in [0.1, 0.15) is 0 Å². The van der Waals surface area contributed by atoms with Gasteiger partial charge in [0.05, 0.1) is 11.7 Å². The highest BCUT2D eigenvalue weighted by Gasteiger charge is 2.38. The molecule has 30 heavy (non-hydrogen) atoms. The van der Waals surface area contributed by atoms with Gasteiger partial charge in [-0.1, -0.05) is 32.9 Å². The number of carboxylic acids is 1. The predicted octanol–water partition coefficient (Wildman–Crippen LogP) is 3.55. The molecule has 174 valence electrons. The van der Waals surface area contributed by atoms with Gasteiger partial charge < -0.3 is 15.1 Å². The van der Waals surface area contributed by atoms with Crippen molar-refractivity contribution in [3.8, 4) is 0 Å².